The zero-order valence-corrected chi connectivity index (χ0v) is 29.2. The molecule has 276 valence electrons. The van der Waals surface area contributed by atoms with Crippen LogP contribution in [0.2, 0.25) is 0 Å². The summed E-state index contributed by atoms with van der Waals surface area (Å²) >= 11 is 0. The van der Waals surface area contributed by atoms with Gasteiger partial charge in [0.2, 0.25) is 17.7 Å². The summed E-state index contributed by atoms with van der Waals surface area (Å²) in [6, 6.07) is 15.7. The molecule has 4 rings (SSSR count). The van der Waals surface area contributed by atoms with Crippen molar-refractivity contribution < 1.29 is 61.5 Å². The van der Waals surface area contributed by atoms with Gasteiger partial charge in [-0.1, -0.05) is 18.2 Å². The molecule has 0 aliphatic carbocycles. The van der Waals surface area contributed by atoms with Crippen molar-refractivity contribution in [2.24, 2.45) is 0 Å². The molecule has 0 aliphatic heterocycles. The fraction of sp³-hybridized carbons (Fsp3) is 0.206. The summed E-state index contributed by atoms with van der Waals surface area (Å²) < 4.78 is 55.2. The van der Waals surface area contributed by atoms with Crippen molar-refractivity contribution in [1.29, 1.82) is 0 Å². The minimum Gasteiger partial charge on any atom is -0.496 e. The number of amides is 2. The van der Waals surface area contributed by atoms with E-state index in [4.69, 9.17) is 28.5 Å². The van der Waals surface area contributed by atoms with E-state index >= 15 is 0 Å². The molecule has 3 aromatic carbocycles. The minimum atomic E-state index is -4.08. The fourth-order valence-electron chi connectivity index (χ4n) is 4.64. The van der Waals surface area contributed by atoms with Gasteiger partial charge in [-0.25, -0.2) is 18.0 Å². The lowest BCUT2D eigenvalue weighted by molar-refractivity contribution is -0.120. The third-order valence-corrected chi connectivity index (χ3v) is 8.10. The van der Waals surface area contributed by atoms with Gasteiger partial charge < -0.3 is 44.1 Å². The molecule has 0 bridgehead atoms. The van der Waals surface area contributed by atoms with E-state index in [2.05, 4.69) is 15.4 Å². The maximum absolute atomic E-state index is 12.9. The number of methoxy groups -OCH3 is 4. The molecule has 0 radical (unpaired) electrons. The van der Waals surface area contributed by atoms with Gasteiger partial charge in [0.25, 0.3) is 10.0 Å². The first-order chi connectivity index (χ1) is 24.9. The van der Waals surface area contributed by atoms with E-state index in [9.17, 15) is 33.0 Å². The van der Waals surface area contributed by atoms with Crippen LogP contribution in [0.4, 0.5) is 16.2 Å². The van der Waals surface area contributed by atoms with Gasteiger partial charge in [-0.05, 0) is 35.9 Å². The smallest absolute Gasteiger partial charge is 0.411 e. The first kappa shape index (κ1) is 38.2. The zero-order chi connectivity index (χ0) is 37.8. The lowest BCUT2D eigenvalue weighted by Crippen LogP contribution is -2.30. The van der Waals surface area contributed by atoms with Crippen LogP contribution in [0.15, 0.2) is 72.1 Å². The molecule has 1 heterocycles. The van der Waals surface area contributed by atoms with Crippen molar-refractivity contribution in [3.8, 4) is 34.8 Å². The number of ether oxygens (including phenoxy) is 5. The Hall–Kier alpha value is -6.56. The molecule has 0 atom stereocenters. The summed E-state index contributed by atoms with van der Waals surface area (Å²) in [4.78, 5) is 42.8. The van der Waals surface area contributed by atoms with Gasteiger partial charge in [-0.2, -0.15) is 0 Å². The normalized spacial score (nSPS) is 11.0. The molecule has 0 unspecified atom stereocenters. The monoisotopic (exact) mass is 740 g/mol. The molecule has 2 amide bonds. The van der Waals surface area contributed by atoms with Crippen molar-refractivity contribution in [2.45, 2.75) is 6.42 Å². The maximum Gasteiger partial charge on any atom is 0.411 e. The highest BCUT2D eigenvalue weighted by atomic mass is 32.2. The molecule has 0 aliphatic rings. The lowest BCUT2D eigenvalue weighted by Gasteiger charge is -2.14. The zero-order valence-electron chi connectivity index (χ0n) is 28.4. The van der Waals surface area contributed by atoms with Crippen LogP contribution in [0.25, 0.3) is 6.08 Å². The summed E-state index contributed by atoms with van der Waals surface area (Å²) in [5.41, 5.74) is 0.854. The highest BCUT2D eigenvalue weighted by Crippen LogP contribution is 2.35. The molecule has 0 saturated heterocycles. The molecule has 52 heavy (non-hydrogen) atoms. The van der Waals surface area contributed by atoms with Gasteiger partial charge in [0.05, 0.1) is 69.3 Å². The number of carbonyl (C=O) groups excluding carboxylic acids is 3. The van der Waals surface area contributed by atoms with E-state index in [0.29, 0.717) is 33.1 Å². The van der Waals surface area contributed by atoms with Gasteiger partial charge >= 0.3 is 12.1 Å². The van der Waals surface area contributed by atoms with Crippen molar-refractivity contribution in [1.82, 2.24) is 10.0 Å². The lowest BCUT2D eigenvalue weighted by atomic mass is 10.0. The van der Waals surface area contributed by atoms with Gasteiger partial charge in [-0.3, -0.25) is 14.8 Å². The summed E-state index contributed by atoms with van der Waals surface area (Å²) in [5.74, 6) is -1.14. The van der Waals surface area contributed by atoms with E-state index in [1.807, 2.05) is 0 Å². The highest BCUT2D eigenvalue weighted by Gasteiger charge is 2.19. The second kappa shape index (κ2) is 17.4. The molecule has 18 heteroatoms. The number of carbonyl (C=O) groups is 3. The quantitative estimate of drug-likeness (QED) is 0.104. The number of hydrogen-bond acceptors (Lipinski definition) is 13. The molecular weight excluding hydrogens is 704 g/mol. The van der Waals surface area contributed by atoms with E-state index in [-0.39, 0.29) is 42.3 Å². The van der Waals surface area contributed by atoms with Crippen LogP contribution in [0, 0.1) is 0 Å². The number of nitrogens with zero attached hydrogens (tertiary/aromatic N) is 1. The average Bonchev–Trinajstić information content (AvgIpc) is 3.44. The molecule has 4 aromatic rings. The summed E-state index contributed by atoms with van der Waals surface area (Å²) in [6.07, 6.45) is 0.141. The Morgan fingerprint density at radius 1 is 0.827 bits per heavy atom. The first-order valence-corrected chi connectivity index (χ1v) is 16.7. The SMILES string of the molecule is COc1cc(OC)c(C=CS(=O)(=O)Nc2ccc(OC)c(NC(=O)OCCNC(=O)Cc3ccccc3C(=O)On3c(O)ccc3O)c2)c(OC)c1. The number of hydrogen-bond donors (Lipinski definition) is 5. The van der Waals surface area contributed by atoms with Gasteiger partial charge in [0, 0.05) is 24.3 Å². The molecule has 0 spiro atoms. The number of nitrogens with one attached hydrogen (secondary N) is 3. The number of aromatic nitrogens is 1. The summed E-state index contributed by atoms with van der Waals surface area (Å²) in [6.45, 7) is -0.331. The van der Waals surface area contributed by atoms with Crippen molar-refractivity contribution >= 4 is 45.4 Å². The second-order valence-corrected chi connectivity index (χ2v) is 12.0. The number of anilines is 2. The third kappa shape index (κ3) is 10.0. The predicted molar refractivity (Wildman–Crippen MR) is 187 cm³/mol. The van der Waals surface area contributed by atoms with E-state index in [1.54, 1.807) is 24.3 Å². The second-order valence-electron chi connectivity index (χ2n) is 10.5. The van der Waals surface area contributed by atoms with Crippen LogP contribution >= 0.6 is 0 Å². The minimum absolute atomic E-state index is 0.0213. The number of benzene rings is 3. The standard InChI is InChI=1S/C34H36N4O13S/c1-46-23-19-28(48-3)25(29(20-23)49-4)13-16-52(44,45)37-22-9-10-27(47-2)26(18-22)36-34(43)50-15-14-35-30(39)17-21-7-5-6-8-24(21)33(42)51-38-31(40)11-12-32(38)41/h5-13,16,18-20,37,40-41H,14-15,17H2,1-4H3,(H,35,39)(H,36,43). The van der Waals surface area contributed by atoms with Crippen LogP contribution in [0.3, 0.4) is 0 Å². The van der Waals surface area contributed by atoms with E-state index < -0.39 is 39.8 Å². The fourth-order valence-corrected chi connectivity index (χ4v) is 5.48. The molecule has 0 saturated carbocycles. The molecule has 0 fully saturated rings. The van der Waals surface area contributed by atoms with Crippen molar-refractivity contribution in [2.75, 3.05) is 51.6 Å². The number of sulfonamides is 1. The molecule has 5 N–H and O–H groups in total. The summed E-state index contributed by atoms with van der Waals surface area (Å²) in [5, 5.41) is 25.4. The maximum atomic E-state index is 12.9. The Morgan fingerprint density at radius 2 is 1.48 bits per heavy atom. The van der Waals surface area contributed by atoms with Crippen molar-refractivity contribution in [3.63, 3.8) is 0 Å². The largest absolute Gasteiger partial charge is 0.496 e. The highest BCUT2D eigenvalue weighted by molar-refractivity contribution is 7.95. The Labute approximate surface area is 298 Å². The first-order valence-electron chi connectivity index (χ1n) is 15.2. The topological polar surface area (TPSA) is 222 Å². The van der Waals surface area contributed by atoms with Gasteiger partial charge in [0.15, 0.2) is 0 Å². The number of aromatic hydroxyl groups is 2. The van der Waals surface area contributed by atoms with Gasteiger partial charge in [-0.15, -0.1) is 4.73 Å². The average molecular weight is 741 g/mol. The van der Waals surface area contributed by atoms with Crippen LogP contribution in [-0.2, 0) is 26.0 Å². The molecular formula is C34H36N4O13S. The van der Waals surface area contributed by atoms with Crippen LogP contribution in [0.1, 0.15) is 21.5 Å². The van der Waals surface area contributed by atoms with E-state index in [0.717, 1.165) is 17.5 Å². The Morgan fingerprint density at radius 3 is 2.12 bits per heavy atom. The predicted octanol–water partition coefficient (Wildman–Crippen LogP) is 3.52. The Balaban J connectivity index is 1.31. The third-order valence-electron chi connectivity index (χ3n) is 7.08. The number of rotatable bonds is 16. The molecule has 1 aromatic heterocycles. The van der Waals surface area contributed by atoms with Crippen LogP contribution in [-0.4, -0.2) is 82.9 Å². The van der Waals surface area contributed by atoms with Crippen LogP contribution < -0.4 is 39.1 Å². The molecule has 17 nitrogen and oxygen atoms in total. The van der Waals surface area contributed by atoms with Crippen LogP contribution in [0.5, 0.6) is 34.8 Å². The Bertz CT molecular complexity index is 2020. The Kier molecular flexibility index (Phi) is 12.8. The van der Waals surface area contributed by atoms with Gasteiger partial charge in [0.1, 0.15) is 29.6 Å². The van der Waals surface area contributed by atoms with E-state index in [1.165, 1.54) is 64.8 Å². The summed E-state index contributed by atoms with van der Waals surface area (Å²) in [7, 11) is 1.59. The van der Waals surface area contributed by atoms with Crippen molar-refractivity contribution in [3.05, 3.63) is 88.8 Å².